The highest BCUT2D eigenvalue weighted by Gasteiger charge is 2.46. The van der Waals surface area contributed by atoms with Gasteiger partial charge in [-0.25, -0.2) is 0 Å². The number of hydrogen-bond donors (Lipinski definition) is 7. The minimum absolute atomic E-state index is 0.385. The molecule has 2 aromatic rings. The zero-order chi connectivity index (χ0) is 31.2. The molecule has 3 saturated heterocycles. The Labute approximate surface area is 253 Å². The summed E-state index contributed by atoms with van der Waals surface area (Å²) in [5, 5.41) is 69.7. The van der Waals surface area contributed by atoms with Crippen LogP contribution < -0.4 is 0 Å². The van der Waals surface area contributed by atoms with Crippen molar-refractivity contribution in [2.24, 2.45) is 0 Å². The lowest BCUT2D eigenvalue weighted by atomic mass is 9.72. The lowest BCUT2D eigenvalue weighted by molar-refractivity contribution is -0.214. The van der Waals surface area contributed by atoms with E-state index in [4.69, 9.17) is 14.2 Å². The third-order valence-corrected chi connectivity index (χ3v) is 9.04. The van der Waals surface area contributed by atoms with Crippen LogP contribution in [0.25, 0.3) is 11.1 Å². The number of carbonyl (C=O) groups is 1. The normalized spacial score (nSPS) is 33.9. The molecule has 3 aliphatic heterocycles. The van der Waals surface area contributed by atoms with Crippen molar-refractivity contribution in [2.45, 2.75) is 73.2 Å². The lowest BCUT2D eigenvalue weighted by Crippen LogP contribution is -2.58. The highest BCUT2D eigenvalue weighted by Crippen LogP contribution is 2.54. The first-order valence-corrected chi connectivity index (χ1v) is 14.6. The van der Waals surface area contributed by atoms with Gasteiger partial charge in [0.15, 0.2) is 18.0 Å². The van der Waals surface area contributed by atoms with Gasteiger partial charge >= 0.3 is 0 Å². The Morgan fingerprint density at radius 2 is 1.25 bits per heavy atom. The van der Waals surface area contributed by atoms with Gasteiger partial charge in [0.25, 0.3) is 0 Å². The molecule has 0 saturated carbocycles. The minimum atomic E-state index is -1.64. The Kier molecular flexibility index (Phi) is 8.63. The number of aliphatic hydroxyl groups is 7. The average Bonchev–Trinajstić information content (AvgIpc) is 3.29. The molecule has 11 heteroatoms. The van der Waals surface area contributed by atoms with E-state index in [1.165, 1.54) is 0 Å². The van der Waals surface area contributed by atoms with Crippen molar-refractivity contribution in [3.63, 3.8) is 0 Å². The number of hydrogen-bond acceptors (Lipinski definition) is 11. The maximum Gasteiger partial charge on any atom is 0.196 e. The molecule has 6 rings (SSSR count). The van der Waals surface area contributed by atoms with Crippen molar-refractivity contribution < 1.29 is 54.8 Å². The maximum atomic E-state index is 12.2. The summed E-state index contributed by atoms with van der Waals surface area (Å²) in [6.45, 7) is -0.0282. The van der Waals surface area contributed by atoms with Crippen LogP contribution >= 0.6 is 0 Å². The predicted octanol–water partition coefficient (Wildman–Crippen LogP) is -1.64. The number of ketones is 1. The molecule has 3 heterocycles. The molecule has 3 fully saturated rings. The Balaban J connectivity index is 1.31. The molecule has 11 nitrogen and oxygen atoms in total. The summed E-state index contributed by atoms with van der Waals surface area (Å²) < 4.78 is 16.7. The van der Waals surface area contributed by atoms with E-state index in [0.717, 1.165) is 22.3 Å². The fourth-order valence-corrected chi connectivity index (χ4v) is 6.54. The summed E-state index contributed by atoms with van der Waals surface area (Å²) >= 11 is 0. The molecule has 0 bridgehead atoms. The summed E-state index contributed by atoms with van der Waals surface area (Å²) in [5.74, 6) is 10.8. The fourth-order valence-electron chi connectivity index (χ4n) is 6.54. The second-order valence-electron chi connectivity index (χ2n) is 11.6. The Hall–Kier alpha value is -3.17. The first-order valence-electron chi connectivity index (χ1n) is 14.6. The molecular weight excluding hydrogens is 572 g/mol. The standard InChI is InChI=1S/C33H34O11/c34-15-25-29(38)31(40)27(36)23(43-25)7-3-17-1-5-19-20-6-2-18(4-8-24-28(37)32(41)30(39)26(16-35)44-24)14-22(20)33(21(19)13-17)9-11-42-12-10-33/h1-2,5-6,13-14,23-31,34-40H,9-12,15-16H2/t23-,24-,25-,26-,27?,28-,29-,30-,31?/m1/s1. The number of fused-ring (bicyclic) bond motifs is 5. The third-order valence-electron chi connectivity index (χ3n) is 9.04. The van der Waals surface area contributed by atoms with Crippen molar-refractivity contribution in [1.29, 1.82) is 0 Å². The smallest absolute Gasteiger partial charge is 0.196 e. The van der Waals surface area contributed by atoms with Crippen LogP contribution in [0.2, 0.25) is 0 Å². The molecule has 0 amide bonds. The van der Waals surface area contributed by atoms with Crippen LogP contribution in [0.3, 0.4) is 0 Å². The van der Waals surface area contributed by atoms with Gasteiger partial charge in [-0.1, -0.05) is 35.8 Å². The van der Waals surface area contributed by atoms with E-state index in [0.29, 0.717) is 37.2 Å². The Morgan fingerprint density at radius 3 is 1.82 bits per heavy atom. The van der Waals surface area contributed by atoms with E-state index < -0.39 is 73.9 Å². The van der Waals surface area contributed by atoms with Gasteiger partial charge in [-0.2, -0.15) is 0 Å². The van der Waals surface area contributed by atoms with Crippen molar-refractivity contribution >= 4 is 5.78 Å². The maximum absolute atomic E-state index is 12.2. The number of benzene rings is 2. The molecule has 0 aromatic heterocycles. The fraction of sp³-hybridized carbons (Fsp3) is 0.485. The van der Waals surface area contributed by atoms with E-state index in [-0.39, 0.29) is 5.41 Å². The number of aliphatic hydroxyl groups excluding tert-OH is 7. The highest BCUT2D eigenvalue weighted by atomic mass is 16.5. The molecular formula is C33H34O11. The number of rotatable bonds is 2. The number of carbonyl (C=O) groups excluding carboxylic acids is 1. The Morgan fingerprint density at radius 1 is 0.705 bits per heavy atom. The zero-order valence-electron chi connectivity index (χ0n) is 23.7. The van der Waals surface area contributed by atoms with Crippen molar-refractivity contribution in [1.82, 2.24) is 0 Å². The second kappa shape index (κ2) is 12.3. The van der Waals surface area contributed by atoms with Crippen LogP contribution in [-0.4, -0.2) is 123 Å². The number of ether oxygens (including phenoxy) is 3. The van der Waals surface area contributed by atoms with E-state index in [9.17, 15) is 40.5 Å². The Bertz CT molecular complexity index is 1540. The van der Waals surface area contributed by atoms with Gasteiger partial charge in [0, 0.05) is 29.8 Å². The molecule has 2 aromatic carbocycles. The number of Topliss-reactive ketones (excluding diaryl/α,β-unsaturated/α-hetero) is 1. The van der Waals surface area contributed by atoms with Gasteiger partial charge < -0.3 is 50.0 Å². The topological polar surface area (TPSA) is 186 Å². The summed E-state index contributed by atoms with van der Waals surface area (Å²) in [4.78, 5) is 12.2. The predicted molar refractivity (Wildman–Crippen MR) is 153 cm³/mol. The van der Waals surface area contributed by atoms with Crippen molar-refractivity contribution in [2.75, 3.05) is 26.4 Å². The molecule has 1 aliphatic carbocycles. The van der Waals surface area contributed by atoms with Crippen LogP contribution in [0, 0.1) is 23.7 Å². The van der Waals surface area contributed by atoms with E-state index in [1.807, 2.05) is 36.4 Å². The van der Waals surface area contributed by atoms with Gasteiger partial charge in [0.05, 0.1) is 13.2 Å². The minimum Gasteiger partial charge on any atom is -0.394 e. The molecule has 9 atom stereocenters. The van der Waals surface area contributed by atoms with Crippen LogP contribution in [0.5, 0.6) is 0 Å². The first-order chi connectivity index (χ1) is 21.2. The third kappa shape index (κ3) is 5.26. The summed E-state index contributed by atoms with van der Waals surface area (Å²) in [7, 11) is 0. The SMILES string of the molecule is O=C1[C@H](O)[C@@H](C#Cc2ccc3c(c2)C2(CCOCC2)c2cc(C#C[C@H]4O[C@H](CO)[C@@H](O)C(O)C4O)ccc2-3)O[C@H](CO)[C@H]1O. The van der Waals surface area contributed by atoms with Crippen molar-refractivity contribution in [3.05, 3.63) is 58.7 Å². The molecule has 1 spiro atoms. The largest absolute Gasteiger partial charge is 0.394 e. The summed E-state index contributed by atoms with van der Waals surface area (Å²) in [5.41, 5.74) is 5.12. The lowest BCUT2D eigenvalue weighted by Gasteiger charge is -2.37. The molecule has 232 valence electrons. The van der Waals surface area contributed by atoms with Gasteiger partial charge in [-0.05, 0) is 59.4 Å². The average molecular weight is 607 g/mol. The second-order valence-corrected chi connectivity index (χ2v) is 11.6. The zero-order valence-corrected chi connectivity index (χ0v) is 23.7. The van der Waals surface area contributed by atoms with Gasteiger partial charge in [0.2, 0.25) is 0 Å². The first kappa shape index (κ1) is 30.8. The van der Waals surface area contributed by atoms with E-state index in [1.54, 1.807) is 0 Å². The summed E-state index contributed by atoms with van der Waals surface area (Å²) in [6.07, 6.45) is -10.7. The van der Waals surface area contributed by atoms with E-state index in [2.05, 4.69) is 23.7 Å². The van der Waals surface area contributed by atoms with Gasteiger partial charge in [-0.15, -0.1) is 0 Å². The van der Waals surface area contributed by atoms with Crippen LogP contribution in [0.15, 0.2) is 36.4 Å². The molecule has 0 radical (unpaired) electrons. The quantitative estimate of drug-likeness (QED) is 0.195. The molecule has 44 heavy (non-hydrogen) atoms. The molecule has 2 unspecified atom stereocenters. The molecule has 4 aliphatic rings. The molecule has 7 N–H and O–H groups in total. The summed E-state index contributed by atoms with van der Waals surface area (Å²) in [6, 6.07) is 11.7. The van der Waals surface area contributed by atoms with Crippen LogP contribution in [-0.2, 0) is 24.4 Å². The van der Waals surface area contributed by atoms with E-state index >= 15 is 0 Å². The van der Waals surface area contributed by atoms with Crippen LogP contribution in [0.1, 0.15) is 35.1 Å². The highest BCUT2D eigenvalue weighted by molar-refractivity contribution is 5.89. The van der Waals surface area contributed by atoms with Gasteiger partial charge in [0.1, 0.15) is 42.7 Å². The monoisotopic (exact) mass is 606 g/mol. The van der Waals surface area contributed by atoms with Crippen LogP contribution in [0.4, 0.5) is 0 Å². The van der Waals surface area contributed by atoms with Crippen molar-refractivity contribution in [3.8, 4) is 34.8 Å². The van der Waals surface area contributed by atoms with Gasteiger partial charge in [-0.3, -0.25) is 4.79 Å².